The Kier molecular flexibility index (Phi) is 13.6. The van der Waals surface area contributed by atoms with Crippen LogP contribution in [0, 0.1) is 11.8 Å². The number of carbonyl (C=O) groups excluding carboxylic acids is 3. The highest BCUT2D eigenvalue weighted by atomic mass is 16.2. The molecule has 6 aromatic carbocycles. The number of hydrogen-bond donors (Lipinski definition) is 0. The molecule has 0 radical (unpaired) electrons. The Labute approximate surface area is 355 Å². The topological polar surface area (TPSA) is 57.7 Å². The number of ketones is 1. The predicted octanol–water partition coefficient (Wildman–Crippen LogP) is 11.7. The van der Waals surface area contributed by atoms with Gasteiger partial charge in [0.2, 0.25) is 5.91 Å². The van der Waals surface area contributed by atoms with E-state index in [4.69, 9.17) is 0 Å². The molecule has 2 amide bonds. The molecule has 2 saturated heterocycles. The SMILES string of the molecule is C=C1C[C@@H](Cc2ccc(-c3ccccc3)cc2)N(/C=C/c2ccccc2)C1=O.CC(C)C(=O)C1C[C@@H](Cc2ccc(-c3ccccc3)cc2)N(/C=C/c2ccccc2)C1=O. The first-order valence-electron chi connectivity index (χ1n) is 20.8. The smallest absolute Gasteiger partial charge is 0.253 e. The second kappa shape index (κ2) is 19.7. The highest BCUT2D eigenvalue weighted by molar-refractivity contribution is 6.04. The van der Waals surface area contributed by atoms with Crippen LogP contribution in [0.2, 0.25) is 0 Å². The number of Topliss-reactive ketones (excluding diaryl/α,β-unsaturated/α-hetero) is 1. The Balaban J connectivity index is 0.000000183. The summed E-state index contributed by atoms with van der Waals surface area (Å²) in [6.45, 7) is 7.70. The molecule has 300 valence electrons. The third kappa shape index (κ3) is 10.4. The molecule has 2 fully saturated rings. The minimum atomic E-state index is -0.552. The number of rotatable bonds is 12. The molecule has 0 aliphatic carbocycles. The largest absolute Gasteiger partial charge is 0.315 e. The van der Waals surface area contributed by atoms with Gasteiger partial charge >= 0.3 is 0 Å². The van der Waals surface area contributed by atoms with Crippen molar-refractivity contribution < 1.29 is 14.4 Å². The Bertz CT molecular complexity index is 2420. The molecule has 1 unspecified atom stereocenters. The second-order valence-electron chi connectivity index (χ2n) is 15.9. The standard InChI is InChI=1S/C29H29NO2.C26H23NO/c1-21(2)28(31)27-20-26(30(29(27)32)18-17-22-9-5-3-6-10-22)19-23-13-15-25(16-14-23)24-11-7-4-8-12-24;1-20-18-25(27(26(20)28)17-16-21-8-4-2-5-9-21)19-22-12-14-24(15-13-22)23-10-6-3-7-11-23/h3-18,21,26-27H,19-20H2,1-2H3;2-17,25H,1,18-19H2/b18-17+;17-16+/t26-,27?;25-/m10/s1. The van der Waals surface area contributed by atoms with Gasteiger partial charge in [-0.2, -0.15) is 0 Å². The molecule has 2 heterocycles. The molecular formula is C55H52N2O3. The van der Waals surface area contributed by atoms with Crippen molar-refractivity contribution in [2.45, 2.75) is 51.6 Å². The maximum Gasteiger partial charge on any atom is 0.253 e. The zero-order valence-corrected chi connectivity index (χ0v) is 34.4. The molecular weight excluding hydrogens is 737 g/mol. The van der Waals surface area contributed by atoms with E-state index in [-0.39, 0.29) is 35.6 Å². The van der Waals surface area contributed by atoms with Crippen LogP contribution in [0.5, 0.6) is 0 Å². The number of hydrogen-bond acceptors (Lipinski definition) is 3. The Morgan fingerprint density at radius 2 is 0.967 bits per heavy atom. The van der Waals surface area contributed by atoms with E-state index in [1.165, 1.54) is 33.4 Å². The minimum Gasteiger partial charge on any atom is -0.315 e. The molecule has 0 N–H and O–H groups in total. The van der Waals surface area contributed by atoms with Gasteiger partial charge in [0.1, 0.15) is 5.78 Å². The minimum absolute atomic E-state index is 0.0260. The van der Waals surface area contributed by atoms with Crippen LogP contribution in [-0.2, 0) is 27.2 Å². The highest BCUT2D eigenvalue weighted by Crippen LogP contribution is 2.32. The van der Waals surface area contributed by atoms with E-state index in [1.807, 2.05) is 128 Å². The molecule has 5 nitrogen and oxygen atoms in total. The fourth-order valence-electron chi connectivity index (χ4n) is 7.97. The maximum atomic E-state index is 13.2. The fourth-order valence-corrected chi connectivity index (χ4v) is 7.97. The molecule has 0 spiro atoms. The van der Waals surface area contributed by atoms with Gasteiger partial charge in [-0.1, -0.05) is 190 Å². The van der Waals surface area contributed by atoms with Crippen LogP contribution < -0.4 is 0 Å². The summed E-state index contributed by atoms with van der Waals surface area (Å²) < 4.78 is 0. The summed E-state index contributed by atoms with van der Waals surface area (Å²) in [4.78, 5) is 42.0. The quantitative estimate of drug-likeness (QED) is 0.0917. The average molecular weight is 789 g/mol. The molecule has 2 aliphatic heterocycles. The molecule has 6 aromatic rings. The second-order valence-corrected chi connectivity index (χ2v) is 15.9. The zero-order chi connectivity index (χ0) is 41.8. The van der Waals surface area contributed by atoms with E-state index in [1.54, 1.807) is 4.90 Å². The summed E-state index contributed by atoms with van der Waals surface area (Å²) in [5, 5.41) is 0. The first-order valence-corrected chi connectivity index (χ1v) is 20.8. The number of likely N-dealkylation sites (tertiary alicyclic amines) is 2. The van der Waals surface area contributed by atoms with E-state index in [2.05, 4.69) is 91.5 Å². The van der Waals surface area contributed by atoms with E-state index < -0.39 is 5.92 Å². The van der Waals surface area contributed by atoms with Crippen molar-refractivity contribution in [3.8, 4) is 22.3 Å². The van der Waals surface area contributed by atoms with Crippen LogP contribution in [0.25, 0.3) is 34.4 Å². The lowest BCUT2D eigenvalue weighted by molar-refractivity contribution is -0.137. The van der Waals surface area contributed by atoms with Gasteiger partial charge in [-0.15, -0.1) is 0 Å². The van der Waals surface area contributed by atoms with Gasteiger partial charge in [-0.25, -0.2) is 0 Å². The molecule has 0 bridgehead atoms. The van der Waals surface area contributed by atoms with E-state index in [9.17, 15) is 14.4 Å². The van der Waals surface area contributed by atoms with E-state index >= 15 is 0 Å². The lowest BCUT2D eigenvalue weighted by Gasteiger charge is -2.21. The van der Waals surface area contributed by atoms with Crippen molar-refractivity contribution in [3.63, 3.8) is 0 Å². The molecule has 0 saturated carbocycles. The molecule has 2 aliphatic rings. The summed E-state index contributed by atoms with van der Waals surface area (Å²) in [5.41, 5.74) is 9.97. The monoisotopic (exact) mass is 788 g/mol. The van der Waals surface area contributed by atoms with Crippen molar-refractivity contribution in [2.75, 3.05) is 0 Å². The van der Waals surface area contributed by atoms with Crippen LogP contribution in [0.15, 0.2) is 194 Å². The number of carbonyl (C=O) groups is 3. The van der Waals surface area contributed by atoms with Crippen LogP contribution in [0.4, 0.5) is 0 Å². The Morgan fingerprint density at radius 3 is 1.42 bits per heavy atom. The van der Waals surface area contributed by atoms with Crippen LogP contribution in [0.1, 0.15) is 48.9 Å². The van der Waals surface area contributed by atoms with Crippen LogP contribution in [-0.4, -0.2) is 39.5 Å². The summed E-state index contributed by atoms with van der Waals surface area (Å²) in [6.07, 6.45) is 10.5. The van der Waals surface area contributed by atoms with Crippen molar-refractivity contribution in [3.05, 3.63) is 217 Å². The lowest BCUT2D eigenvalue weighted by atomic mass is 9.91. The van der Waals surface area contributed by atoms with Crippen LogP contribution in [0.3, 0.4) is 0 Å². The zero-order valence-electron chi connectivity index (χ0n) is 34.4. The highest BCUT2D eigenvalue weighted by Gasteiger charge is 2.42. The number of benzene rings is 6. The van der Waals surface area contributed by atoms with E-state index in [0.717, 1.165) is 24.0 Å². The van der Waals surface area contributed by atoms with E-state index in [0.29, 0.717) is 18.4 Å². The van der Waals surface area contributed by atoms with Gasteiger partial charge in [0.25, 0.3) is 5.91 Å². The van der Waals surface area contributed by atoms with Gasteiger partial charge in [0.05, 0.1) is 5.92 Å². The first kappa shape index (κ1) is 41.3. The number of nitrogens with zero attached hydrogens (tertiary/aromatic N) is 2. The third-order valence-electron chi connectivity index (χ3n) is 11.3. The van der Waals surface area contributed by atoms with Gasteiger partial charge in [-0.05, 0) is 82.3 Å². The Morgan fingerprint density at radius 1 is 0.567 bits per heavy atom. The van der Waals surface area contributed by atoms with Gasteiger partial charge in [-0.3, -0.25) is 14.4 Å². The fraction of sp³-hybridized carbons (Fsp3) is 0.182. The van der Waals surface area contributed by atoms with Gasteiger partial charge in [0, 0.05) is 36.0 Å². The molecule has 3 atom stereocenters. The first-order chi connectivity index (χ1) is 29.2. The van der Waals surface area contributed by atoms with Crippen molar-refractivity contribution >= 4 is 29.7 Å². The summed E-state index contributed by atoms with van der Waals surface area (Å²) in [5.74, 6) is -0.716. The summed E-state index contributed by atoms with van der Waals surface area (Å²) in [7, 11) is 0. The predicted molar refractivity (Wildman–Crippen MR) is 245 cm³/mol. The van der Waals surface area contributed by atoms with Gasteiger partial charge in [0.15, 0.2) is 0 Å². The van der Waals surface area contributed by atoms with Crippen molar-refractivity contribution in [1.29, 1.82) is 0 Å². The summed E-state index contributed by atoms with van der Waals surface area (Å²) in [6, 6.07) is 57.8. The molecule has 8 rings (SSSR count). The average Bonchev–Trinajstić information content (AvgIpc) is 3.74. The lowest BCUT2D eigenvalue weighted by Crippen LogP contribution is -2.32. The molecule has 60 heavy (non-hydrogen) atoms. The Hall–Kier alpha value is -6.85. The molecule has 0 aromatic heterocycles. The third-order valence-corrected chi connectivity index (χ3v) is 11.3. The van der Waals surface area contributed by atoms with Crippen molar-refractivity contribution in [2.24, 2.45) is 11.8 Å². The maximum absolute atomic E-state index is 13.2. The summed E-state index contributed by atoms with van der Waals surface area (Å²) >= 11 is 0. The normalized spacial score (nSPS) is 17.8. The van der Waals surface area contributed by atoms with Gasteiger partial charge < -0.3 is 9.80 Å². The number of amides is 2. The van der Waals surface area contributed by atoms with Crippen LogP contribution >= 0.6 is 0 Å². The molecule has 5 heteroatoms. The van der Waals surface area contributed by atoms with Crippen molar-refractivity contribution in [1.82, 2.24) is 9.80 Å².